The molecule has 0 spiro atoms. The van der Waals surface area contributed by atoms with Crippen molar-refractivity contribution in [2.45, 2.75) is 19.3 Å². The number of fused-ring (bicyclic) bond motifs is 2. The van der Waals surface area contributed by atoms with E-state index in [9.17, 15) is 4.79 Å². The van der Waals surface area contributed by atoms with Gasteiger partial charge in [-0.2, -0.15) is 0 Å². The number of piperazine rings is 1. The Bertz CT molecular complexity index is 1520. The molecule has 0 radical (unpaired) electrons. The number of unbranched alkanes of at least 4 members (excludes halogenated alkanes) is 1. The van der Waals surface area contributed by atoms with E-state index in [1.54, 1.807) is 4.57 Å². The molecule has 5 aromatic rings. The first-order valence-corrected chi connectivity index (χ1v) is 13.0. The summed E-state index contributed by atoms with van der Waals surface area (Å²) in [5.74, 6) is 0. The molecule has 182 valence electrons. The van der Waals surface area contributed by atoms with Crippen LogP contribution < -0.4 is 10.5 Å². The summed E-state index contributed by atoms with van der Waals surface area (Å²) in [5, 5.41) is 3.09. The lowest BCUT2D eigenvalue weighted by atomic mass is 10.1. The van der Waals surface area contributed by atoms with Crippen molar-refractivity contribution in [2.75, 3.05) is 37.6 Å². The first kappa shape index (κ1) is 22.6. The van der Waals surface area contributed by atoms with Crippen LogP contribution in [0.5, 0.6) is 0 Å². The number of hydrogen-bond acceptors (Lipinski definition) is 3. The van der Waals surface area contributed by atoms with Crippen molar-refractivity contribution in [2.24, 2.45) is 0 Å². The van der Waals surface area contributed by atoms with E-state index in [2.05, 4.69) is 69.5 Å². The van der Waals surface area contributed by atoms with E-state index in [-0.39, 0.29) is 5.56 Å². The standard InChI is InChI=1S/C31H32N4O/c36-31-29-10-2-1-7-24(29)16-18-35(31)27-14-12-26(13-15-27)34-21-19-33(20-22-34)17-6-5-8-25-23-32-30-11-4-3-9-28(25)30/h1-4,7,9-16,18,23,32H,5-6,8,17,19-22H2. The first-order valence-electron chi connectivity index (χ1n) is 13.0. The highest BCUT2D eigenvalue weighted by Gasteiger charge is 2.17. The third-order valence-corrected chi connectivity index (χ3v) is 7.52. The van der Waals surface area contributed by atoms with Gasteiger partial charge in [-0.15, -0.1) is 0 Å². The molecule has 0 aliphatic carbocycles. The van der Waals surface area contributed by atoms with Crippen molar-refractivity contribution in [1.82, 2.24) is 14.5 Å². The van der Waals surface area contributed by atoms with E-state index in [1.165, 1.54) is 41.5 Å². The number of rotatable bonds is 7. The van der Waals surface area contributed by atoms with Gasteiger partial charge in [0.25, 0.3) is 5.56 Å². The molecule has 0 bridgehead atoms. The van der Waals surface area contributed by atoms with E-state index in [1.807, 2.05) is 36.5 Å². The van der Waals surface area contributed by atoms with Gasteiger partial charge in [0.05, 0.1) is 0 Å². The zero-order valence-corrected chi connectivity index (χ0v) is 20.6. The second kappa shape index (κ2) is 10.0. The molecule has 1 saturated heterocycles. The topological polar surface area (TPSA) is 44.3 Å². The summed E-state index contributed by atoms with van der Waals surface area (Å²) >= 11 is 0. The molecule has 1 N–H and O–H groups in total. The van der Waals surface area contributed by atoms with Gasteiger partial charge in [-0.25, -0.2) is 0 Å². The second-order valence-corrected chi connectivity index (χ2v) is 9.74. The van der Waals surface area contributed by atoms with Crippen molar-refractivity contribution < 1.29 is 0 Å². The summed E-state index contributed by atoms with van der Waals surface area (Å²) in [6, 6.07) is 26.7. The van der Waals surface area contributed by atoms with Crippen LogP contribution in [0.4, 0.5) is 5.69 Å². The normalized spacial score (nSPS) is 14.6. The minimum absolute atomic E-state index is 0.0270. The number of aryl methyl sites for hydroxylation is 1. The van der Waals surface area contributed by atoms with Crippen LogP contribution in [0.15, 0.2) is 96.1 Å². The minimum Gasteiger partial charge on any atom is -0.369 e. The van der Waals surface area contributed by atoms with Crippen LogP contribution in [0.2, 0.25) is 0 Å². The fourth-order valence-electron chi connectivity index (χ4n) is 5.44. The largest absolute Gasteiger partial charge is 0.369 e. The third kappa shape index (κ3) is 4.54. The smallest absolute Gasteiger partial charge is 0.262 e. The van der Waals surface area contributed by atoms with Crippen LogP contribution >= 0.6 is 0 Å². The number of aromatic amines is 1. The number of hydrogen-bond donors (Lipinski definition) is 1. The molecule has 2 aromatic heterocycles. The summed E-state index contributed by atoms with van der Waals surface area (Å²) in [4.78, 5) is 21.4. The Kier molecular flexibility index (Phi) is 6.31. The number of para-hydroxylation sites is 1. The molecule has 5 nitrogen and oxygen atoms in total. The maximum atomic E-state index is 12.9. The van der Waals surface area contributed by atoms with Gasteiger partial charge >= 0.3 is 0 Å². The Morgan fingerprint density at radius 3 is 2.28 bits per heavy atom. The maximum Gasteiger partial charge on any atom is 0.262 e. The van der Waals surface area contributed by atoms with Crippen LogP contribution in [-0.2, 0) is 6.42 Å². The number of nitrogens with zero attached hydrogens (tertiary/aromatic N) is 3. The third-order valence-electron chi connectivity index (χ3n) is 7.52. The molecule has 36 heavy (non-hydrogen) atoms. The van der Waals surface area contributed by atoms with E-state index in [4.69, 9.17) is 0 Å². The molecule has 6 rings (SSSR count). The number of nitrogens with one attached hydrogen (secondary N) is 1. The van der Waals surface area contributed by atoms with Crippen molar-refractivity contribution in [1.29, 1.82) is 0 Å². The van der Waals surface area contributed by atoms with Gasteiger partial charge in [-0.1, -0.05) is 36.4 Å². The van der Waals surface area contributed by atoms with Crippen molar-refractivity contribution in [3.63, 3.8) is 0 Å². The minimum atomic E-state index is 0.0270. The molecule has 0 unspecified atom stereocenters. The van der Waals surface area contributed by atoms with Crippen LogP contribution in [0.25, 0.3) is 27.4 Å². The lowest BCUT2D eigenvalue weighted by Crippen LogP contribution is -2.46. The van der Waals surface area contributed by atoms with E-state index >= 15 is 0 Å². The van der Waals surface area contributed by atoms with Gasteiger partial charge in [0.2, 0.25) is 0 Å². The molecule has 3 heterocycles. The highest BCUT2D eigenvalue weighted by atomic mass is 16.1. The Labute approximate surface area is 211 Å². The zero-order chi connectivity index (χ0) is 24.3. The summed E-state index contributed by atoms with van der Waals surface area (Å²) in [7, 11) is 0. The highest BCUT2D eigenvalue weighted by Crippen LogP contribution is 2.21. The maximum absolute atomic E-state index is 12.9. The predicted molar refractivity (Wildman–Crippen MR) is 149 cm³/mol. The molecule has 0 saturated carbocycles. The highest BCUT2D eigenvalue weighted by molar-refractivity contribution is 5.83. The number of pyridine rings is 1. The van der Waals surface area contributed by atoms with Crippen LogP contribution in [-0.4, -0.2) is 47.2 Å². The SMILES string of the molecule is O=c1c2ccccc2ccn1-c1ccc(N2CCN(CCCCc3c[nH]c4ccccc34)CC2)cc1. The summed E-state index contributed by atoms with van der Waals surface area (Å²) < 4.78 is 1.74. The molecular formula is C31H32N4O. The summed E-state index contributed by atoms with van der Waals surface area (Å²) in [5.41, 5.74) is 4.83. The quantitative estimate of drug-likeness (QED) is 0.310. The average Bonchev–Trinajstić information content (AvgIpc) is 3.35. The number of H-pyrrole nitrogens is 1. The van der Waals surface area contributed by atoms with Gasteiger partial charge in [0.15, 0.2) is 0 Å². The lowest BCUT2D eigenvalue weighted by molar-refractivity contribution is 0.253. The van der Waals surface area contributed by atoms with Crippen molar-refractivity contribution in [3.8, 4) is 5.69 Å². The summed E-state index contributed by atoms with van der Waals surface area (Å²) in [6.45, 7) is 5.44. The van der Waals surface area contributed by atoms with Crippen LogP contribution in [0.3, 0.4) is 0 Å². The van der Waals surface area contributed by atoms with Gasteiger partial charge in [-0.3, -0.25) is 14.3 Å². The summed E-state index contributed by atoms with van der Waals surface area (Å²) in [6.07, 6.45) is 7.63. The fourth-order valence-corrected chi connectivity index (χ4v) is 5.44. The van der Waals surface area contributed by atoms with Crippen LogP contribution in [0, 0.1) is 0 Å². The van der Waals surface area contributed by atoms with Crippen LogP contribution in [0.1, 0.15) is 18.4 Å². The van der Waals surface area contributed by atoms with E-state index in [0.29, 0.717) is 0 Å². The van der Waals surface area contributed by atoms with Crippen molar-refractivity contribution >= 4 is 27.4 Å². The number of anilines is 1. The fraction of sp³-hybridized carbons (Fsp3) is 0.258. The monoisotopic (exact) mass is 476 g/mol. The molecule has 5 heteroatoms. The van der Waals surface area contributed by atoms with E-state index < -0.39 is 0 Å². The Hall–Kier alpha value is -3.83. The predicted octanol–water partition coefficient (Wildman–Crippen LogP) is 5.62. The van der Waals surface area contributed by atoms with Gasteiger partial charge in [0.1, 0.15) is 0 Å². The molecule has 0 atom stereocenters. The van der Waals surface area contributed by atoms with Crippen molar-refractivity contribution in [3.05, 3.63) is 107 Å². The Morgan fingerprint density at radius 2 is 1.44 bits per heavy atom. The molecular weight excluding hydrogens is 444 g/mol. The molecule has 0 amide bonds. The number of aromatic nitrogens is 2. The van der Waals surface area contributed by atoms with Gasteiger partial charge in [-0.05, 0) is 79.2 Å². The van der Waals surface area contributed by atoms with E-state index in [0.717, 1.165) is 49.1 Å². The number of benzene rings is 3. The molecule has 1 aliphatic rings. The Morgan fingerprint density at radius 1 is 0.722 bits per heavy atom. The van der Waals surface area contributed by atoms with Gasteiger partial charge in [0, 0.05) is 66.2 Å². The second-order valence-electron chi connectivity index (χ2n) is 9.74. The average molecular weight is 477 g/mol. The molecule has 1 aliphatic heterocycles. The first-order chi connectivity index (χ1) is 17.8. The lowest BCUT2D eigenvalue weighted by Gasteiger charge is -2.36. The Balaban J connectivity index is 1.01. The zero-order valence-electron chi connectivity index (χ0n) is 20.6. The molecule has 3 aromatic carbocycles. The van der Waals surface area contributed by atoms with Gasteiger partial charge < -0.3 is 9.88 Å². The molecule has 1 fully saturated rings.